The number of benzene rings is 1. The van der Waals surface area contributed by atoms with Gasteiger partial charge in [0.1, 0.15) is 0 Å². The fourth-order valence-electron chi connectivity index (χ4n) is 2.90. The van der Waals surface area contributed by atoms with Gasteiger partial charge in [0.25, 0.3) is 0 Å². The highest BCUT2D eigenvalue weighted by Crippen LogP contribution is 2.27. The van der Waals surface area contributed by atoms with Gasteiger partial charge in [0.2, 0.25) is 0 Å². The third-order valence-electron chi connectivity index (χ3n) is 4.03. The lowest BCUT2D eigenvalue weighted by atomic mass is 10.0. The van der Waals surface area contributed by atoms with Gasteiger partial charge in [0.05, 0.1) is 11.4 Å². The van der Waals surface area contributed by atoms with Crippen LogP contribution in [0.2, 0.25) is 0 Å². The molecule has 112 valence electrons. The molecule has 0 spiro atoms. The second kappa shape index (κ2) is 6.61. The van der Waals surface area contributed by atoms with Crippen molar-refractivity contribution in [3.05, 3.63) is 77.7 Å². The van der Waals surface area contributed by atoms with Crippen LogP contribution in [0.5, 0.6) is 0 Å². The summed E-state index contributed by atoms with van der Waals surface area (Å²) in [5.41, 5.74) is 6.18. The minimum absolute atomic E-state index is 0.936. The molecule has 0 saturated carbocycles. The summed E-state index contributed by atoms with van der Waals surface area (Å²) in [5, 5.41) is 4.94. The lowest BCUT2D eigenvalue weighted by Gasteiger charge is -2.06. The van der Waals surface area contributed by atoms with Crippen molar-refractivity contribution in [2.24, 2.45) is 0 Å². The molecule has 0 radical (unpaired) electrons. The molecule has 3 rings (SSSR count). The Kier molecular flexibility index (Phi) is 4.38. The van der Waals surface area contributed by atoms with Crippen LogP contribution in [0.1, 0.15) is 36.7 Å². The summed E-state index contributed by atoms with van der Waals surface area (Å²) in [5.74, 6) is 0. The van der Waals surface area contributed by atoms with Gasteiger partial charge in [-0.1, -0.05) is 61.9 Å². The van der Waals surface area contributed by atoms with E-state index < -0.39 is 0 Å². The molecule has 1 heterocycles. The molecule has 22 heavy (non-hydrogen) atoms. The predicted octanol–water partition coefficient (Wildman–Crippen LogP) is 5.03. The van der Waals surface area contributed by atoms with Gasteiger partial charge in [-0.25, -0.2) is 4.68 Å². The molecular formula is C20H22N2. The van der Waals surface area contributed by atoms with Crippen molar-refractivity contribution in [2.75, 3.05) is 0 Å². The summed E-state index contributed by atoms with van der Waals surface area (Å²) >= 11 is 0. The molecule has 2 aromatic rings. The first-order valence-electron chi connectivity index (χ1n) is 7.98. The molecule has 0 N–H and O–H groups in total. The van der Waals surface area contributed by atoms with Crippen molar-refractivity contribution in [2.45, 2.75) is 33.1 Å². The van der Waals surface area contributed by atoms with E-state index in [0.717, 1.165) is 30.6 Å². The minimum Gasteiger partial charge on any atom is -0.237 e. The maximum atomic E-state index is 4.94. The molecule has 0 atom stereocenters. The van der Waals surface area contributed by atoms with E-state index in [2.05, 4.69) is 73.2 Å². The van der Waals surface area contributed by atoms with Crippen molar-refractivity contribution in [1.82, 2.24) is 9.78 Å². The van der Waals surface area contributed by atoms with Crippen LogP contribution in [0.25, 0.3) is 11.3 Å². The molecule has 1 aliphatic rings. The monoisotopic (exact) mass is 290 g/mol. The van der Waals surface area contributed by atoms with Crippen LogP contribution in [-0.2, 0) is 6.42 Å². The lowest BCUT2D eigenvalue weighted by molar-refractivity contribution is 0.770. The van der Waals surface area contributed by atoms with Crippen molar-refractivity contribution in [3.8, 4) is 5.69 Å². The van der Waals surface area contributed by atoms with Gasteiger partial charge in [0, 0.05) is 5.69 Å². The van der Waals surface area contributed by atoms with Crippen molar-refractivity contribution in [3.63, 3.8) is 0 Å². The van der Waals surface area contributed by atoms with Gasteiger partial charge in [-0.05, 0) is 43.0 Å². The topological polar surface area (TPSA) is 17.8 Å². The van der Waals surface area contributed by atoms with Crippen LogP contribution >= 0.6 is 0 Å². The SMILES string of the molecule is CCCc1c(C)c(C2=CC=CC=CC2)nn1-c1ccccc1. The van der Waals surface area contributed by atoms with Crippen LogP contribution in [-0.4, -0.2) is 9.78 Å². The Hall–Kier alpha value is -2.35. The maximum absolute atomic E-state index is 4.94. The summed E-state index contributed by atoms with van der Waals surface area (Å²) in [6, 6.07) is 10.4. The summed E-state index contributed by atoms with van der Waals surface area (Å²) in [6.45, 7) is 4.42. The van der Waals surface area contributed by atoms with Crippen LogP contribution in [0.3, 0.4) is 0 Å². The highest BCUT2D eigenvalue weighted by atomic mass is 15.3. The second-order valence-corrected chi connectivity index (χ2v) is 5.63. The van der Waals surface area contributed by atoms with Crippen molar-refractivity contribution >= 4 is 5.57 Å². The van der Waals surface area contributed by atoms with Crippen LogP contribution < -0.4 is 0 Å². The number of rotatable bonds is 4. The molecule has 0 saturated heterocycles. The van der Waals surface area contributed by atoms with E-state index in [4.69, 9.17) is 5.10 Å². The quantitative estimate of drug-likeness (QED) is 0.772. The zero-order valence-electron chi connectivity index (χ0n) is 13.3. The summed E-state index contributed by atoms with van der Waals surface area (Å²) in [7, 11) is 0. The van der Waals surface area contributed by atoms with E-state index in [0.29, 0.717) is 0 Å². The molecule has 0 bridgehead atoms. The van der Waals surface area contributed by atoms with E-state index in [-0.39, 0.29) is 0 Å². The average Bonchev–Trinajstić information content (AvgIpc) is 2.74. The number of aromatic nitrogens is 2. The van der Waals surface area contributed by atoms with Crippen molar-refractivity contribution < 1.29 is 0 Å². The minimum atomic E-state index is 0.936. The zero-order valence-corrected chi connectivity index (χ0v) is 13.3. The second-order valence-electron chi connectivity index (χ2n) is 5.63. The Morgan fingerprint density at radius 1 is 1.09 bits per heavy atom. The van der Waals surface area contributed by atoms with Gasteiger partial charge < -0.3 is 0 Å². The zero-order chi connectivity index (χ0) is 15.4. The van der Waals surface area contributed by atoms with E-state index in [1.54, 1.807) is 0 Å². The number of allylic oxidation sites excluding steroid dienone is 6. The average molecular weight is 290 g/mol. The molecule has 1 aromatic heterocycles. The molecule has 0 aliphatic heterocycles. The Morgan fingerprint density at radius 2 is 1.91 bits per heavy atom. The fraction of sp³-hybridized carbons (Fsp3) is 0.250. The number of para-hydroxylation sites is 1. The Labute approximate surface area is 132 Å². The van der Waals surface area contributed by atoms with Crippen LogP contribution in [0.15, 0.2) is 60.7 Å². The summed E-state index contributed by atoms with van der Waals surface area (Å²) in [6.07, 6.45) is 13.7. The van der Waals surface area contributed by atoms with E-state index >= 15 is 0 Å². The van der Waals surface area contributed by atoms with E-state index in [9.17, 15) is 0 Å². The molecule has 0 amide bonds. The largest absolute Gasteiger partial charge is 0.237 e. The summed E-state index contributed by atoms with van der Waals surface area (Å²) < 4.78 is 2.12. The Balaban J connectivity index is 2.11. The first-order chi connectivity index (χ1) is 10.8. The maximum Gasteiger partial charge on any atom is 0.0922 e. The summed E-state index contributed by atoms with van der Waals surface area (Å²) in [4.78, 5) is 0. The molecule has 1 aliphatic carbocycles. The number of hydrogen-bond donors (Lipinski definition) is 0. The van der Waals surface area contributed by atoms with Crippen LogP contribution in [0, 0.1) is 6.92 Å². The molecule has 0 fully saturated rings. The molecule has 0 unspecified atom stereocenters. The third kappa shape index (κ3) is 2.82. The number of nitrogens with zero attached hydrogens (tertiary/aromatic N) is 2. The van der Waals surface area contributed by atoms with E-state index in [1.807, 2.05) is 6.07 Å². The first-order valence-corrected chi connectivity index (χ1v) is 7.98. The van der Waals surface area contributed by atoms with Crippen LogP contribution in [0.4, 0.5) is 0 Å². The smallest absolute Gasteiger partial charge is 0.0922 e. The first kappa shape index (κ1) is 14.6. The Bertz CT molecular complexity index is 731. The lowest BCUT2D eigenvalue weighted by Crippen LogP contribution is -2.02. The normalized spacial score (nSPS) is 14.0. The van der Waals surface area contributed by atoms with E-state index in [1.165, 1.54) is 16.8 Å². The highest BCUT2D eigenvalue weighted by molar-refractivity contribution is 5.69. The van der Waals surface area contributed by atoms with Gasteiger partial charge in [0.15, 0.2) is 0 Å². The molecule has 2 heteroatoms. The van der Waals surface area contributed by atoms with Gasteiger partial charge in [-0.3, -0.25) is 0 Å². The predicted molar refractivity (Wildman–Crippen MR) is 93.2 cm³/mol. The standard InChI is InChI=1S/C20H22N2/c1-3-11-19-16(2)20(17-12-7-4-5-8-13-17)21-22(19)18-14-9-6-10-15-18/h4-10,12,14-15H,3,11,13H2,1-2H3. The van der Waals surface area contributed by atoms with Crippen molar-refractivity contribution in [1.29, 1.82) is 0 Å². The fourth-order valence-corrected chi connectivity index (χ4v) is 2.90. The molecular weight excluding hydrogens is 268 g/mol. The van der Waals surface area contributed by atoms with Gasteiger partial charge >= 0.3 is 0 Å². The van der Waals surface area contributed by atoms with Gasteiger partial charge in [-0.2, -0.15) is 5.10 Å². The highest BCUT2D eigenvalue weighted by Gasteiger charge is 2.17. The molecule has 1 aromatic carbocycles. The molecule has 2 nitrogen and oxygen atoms in total. The van der Waals surface area contributed by atoms with Gasteiger partial charge in [-0.15, -0.1) is 0 Å². The number of hydrogen-bond acceptors (Lipinski definition) is 1. The Morgan fingerprint density at radius 3 is 2.68 bits per heavy atom. The third-order valence-corrected chi connectivity index (χ3v) is 4.03.